The minimum Gasteiger partial charge on any atom is -0.339 e. The minimum atomic E-state index is -0.141. The number of aryl methyl sites for hydroxylation is 1. The van der Waals surface area contributed by atoms with Gasteiger partial charge in [0.2, 0.25) is 5.91 Å². The number of piperazine rings is 1. The van der Waals surface area contributed by atoms with Gasteiger partial charge in [0.1, 0.15) is 0 Å². The molecule has 0 bridgehead atoms. The molecular weight excluding hydrogens is 386 g/mol. The first kappa shape index (κ1) is 19.7. The smallest absolute Gasteiger partial charge is 0.253 e. The van der Waals surface area contributed by atoms with E-state index in [4.69, 9.17) is 4.98 Å². The van der Waals surface area contributed by atoms with E-state index in [0.29, 0.717) is 31.7 Å². The third-order valence-corrected chi connectivity index (χ3v) is 6.64. The number of hydrogen-bond donors (Lipinski definition) is 0. The molecular formula is C26H27N3O2. The van der Waals surface area contributed by atoms with Crippen LogP contribution >= 0.6 is 0 Å². The number of rotatable bonds is 3. The molecule has 1 aliphatic carbocycles. The van der Waals surface area contributed by atoms with Gasteiger partial charge in [-0.3, -0.25) is 9.59 Å². The fraction of sp³-hybridized carbons (Fsp3) is 0.346. The monoisotopic (exact) mass is 413 g/mol. The Morgan fingerprint density at radius 2 is 1.55 bits per heavy atom. The lowest BCUT2D eigenvalue weighted by Crippen LogP contribution is -2.52. The Hall–Kier alpha value is -3.21. The van der Waals surface area contributed by atoms with Crippen molar-refractivity contribution in [1.29, 1.82) is 0 Å². The Bertz CT molecular complexity index is 1160. The highest BCUT2D eigenvalue weighted by Crippen LogP contribution is 2.46. The van der Waals surface area contributed by atoms with E-state index < -0.39 is 0 Å². The highest BCUT2D eigenvalue weighted by Gasteiger charge is 2.47. The van der Waals surface area contributed by atoms with Crippen LogP contribution in [0, 0.1) is 12.3 Å². The number of carbonyl (C=O) groups is 2. The maximum Gasteiger partial charge on any atom is 0.253 e. The molecule has 2 fully saturated rings. The van der Waals surface area contributed by atoms with Crippen LogP contribution < -0.4 is 0 Å². The molecule has 31 heavy (non-hydrogen) atoms. The normalized spacial score (nSPS) is 17.6. The molecule has 2 heterocycles. The molecule has 1 aromatic heterocycles. The Balaban J connectivity index is 1.26. The number of carbonyl (C=O) groups excluding carboxylic acids is 2. The molecule has 0 spiro atoms. The first-order valence-electron chi connectivity index (χ1n) is 11.0. The van der Waals surface area contributed by atoms with E-state index in [1.165, 1.54) is 5.56 Å². The van der Waals surface area contributed by atoms with Gasteiger partial charge in [0.15, 0.2) is 0 Å². The summed E-state index contributed by atoms with van der Waals surface area (Å²) in [5, 5.41) is 1.13. The summed E-state index contributed by atoms with van der Waals surface area (Å²) in [6.07, 6.45) is 1.98. The highest BCUT2D eigenvalue weighted by molar-refractivity contribution is 5.95. The minimum absolute atomic E-state index is 0.0261. The average Bonchev–Trinajstić information content (AvgIpc) is 3.56. The van der Waals surface area contributed by atoms with E-state index in [1.54, 1.807) is 0 Å². The zero-order chi connectivity index (χ0) is 21.6. The van der Waals surface area contributed by atoms with Gasteiger partial charge in [0.25, 0.3) is 5.91 Å². The summed E-state index contributed by atoms with van der Waals surface area (Å²) in [6.45, 7) is 6.55. The molecule has 2 amide bonds. The van der Waals surface area contributed by atoms with Crippen molar-refractivity contribution < 1.29 is 9.59 Å². The lowest BCUT2D eigenvalue weighted by Gasteiger charge is -2.36. The van der Waals surface area contributed by atoms with E-state index >= 15 is 0 Å². The van der Waals surface area contributed by atoms with Gasteiger partial charge in [-0.2, -0.15) is 0 Å². The zero-order valence-electron chi connectivity index (χ0n) is 18.1. The van der Waals surface area contributed by atoms with Gasteiger partial charge in [-0.05, 0) is 50.1 Å². The van der Waals surface area contributed by atoms with Crippen molar-refractivity contribution >= 4 is 22.7 Å². The van der Waals surface area contributed by atoms with Crippen LogP contribution in [0.15, 0.2) is 54.6 Å². The van der Waals surface area contributed by atoms with Gasteiger partial charge >= 0.3 is 0 Å². The zero-order valence-corrected chi connectivity index (χ0v) is 18.1. The second kappa shape index (κ2) is 7.49. The third-order valence-electron chi connectivity index (χ3n) is 6.64. The summed E-state index contributed by atoms with van der Waals surface area (Å²) in [5.74, 6) is 0.278. The van der Waals surface area contributed by atoms with Crippen LogP contribution in [0.2, 0.25) is 0 Å². The standard InChI is InChI=1S/C26H27N3O2/c1-18-3-9-23-21(17-18)8-10-22(27-23)19-4-6-20(7-5-19)24(30)28-13-15-29(16-14-28)25(31)26(2)11-12-26/h3-10,17H,11-16H2,1-2H3. The van der Waals surface area contributed by atoms with Gasteiger partial charge in [0, 0.05) is 48.1 Å². The van der Waals surface area contributed by atoms with Crippen LogP contribution in [0.3, 0.4) is 0 Å². The molecule has 5 rings (SSSR count). The molecule has 0 radical (unpaired) electrons. The van der Waals surface area contributed by atoms with E-state index in [2.05, 4.69) is 25.1 Å². The van der Waals surface area contributed by atoms with Crippen molar-refractivity contribution in [1.82, 2.24) is 14.8 Å². The molecule has 5 heteroatoms. The first-order valence-corrected chi connectivity index (χ1v) is 11.0. The van der Waals surface area contributed by atoms with Gasteiger partial charge in [0.05, 0.1) is 11.2 Å². The fourth-order valence-electron chi connectivity index (χ4n) is 4.27. The van der Waals surface area contributed by atoms with Crippen molar-refractivity contribution in [2.24, 2.45) is 5.41 Å². The summed E-state index contributed by atoms with van der Waals surface area (Å²) >= 11 is 0. The summed E-state index contributed by atoms with van der Waals surface area (Å²) < 4.78 is 0. The second-order valence-electron chi connectivity index (χ2n) is 9.12. The van der Waals surface area contributed by atoms with Gasteiger partial charge in [-0.1, -0.05) is 36.8 Å². The SMILES string of the molecule is Cc1ccc2nc(-c3ccc(C(=O)N4CCN(C(=O)C5(C)CC5)CC4)cc3)ccc2c1. The molecule has 0 atom stereocenters. The number of nitrogens with zero attached hydrogens (tertiary/aromatic N) is 3. The van der Waals surface area contributed by atoms with Crippen LogP contribution in [-0.4, -0.2) is 52.8 Å². The van der Waals surface area contributed by atoms with Crippen molar-refractivity contribution in [3.8, 4) is 11.3 Å². The second-order valence-corrected chi connectivity index (χ2v) is 9.12. The molecule has 2 aromatic carbocycles. The predicted molar refractivity (Wildman–Crippen MR) is 122 cm³/mol. The molecule has 2 aliphatic rings. The molecule has 5 nitrogen and oxygen atoms in total. The van der Waals surface area contributed by atoms with Crippen molar-refractivity contribution in [2.75, 3.05) is 26.2 Å². The molecule has 1 aliphatic heterocycles. The van der Waals surface area contributed by atoms with Gasteiger partial charge in [-0.25, -0.2) is 4.98 Å². The Morgan fingerprint density at radius 1 is 0.871 bits per heavy atom. The quantitative estimate of drug-likeness (QED) is 0.644. The van der Waals surface area contributed by atoms with Crippen molar-refractivity contribution in [3.05, 3.63) is 65.7 Å². The van der Waals surface area contributed by atoms with Crippen molar-refractivity contribution in [3.63, 3.8) is 0 Å². The highest BCUT2D eigenvalue weighted by atomic mass is 16.2. The Labute approximate surface area is 182 Å². The molecule has 3 aromatic rings. The first-order chi connectivity index (χ1) is 14.9. The van der Waals surface area contributed by atoms with Gasteiger partial charge in [-0.15, -0.1) is 0 Å². The van der Waals surface area contributed by atoms with E-state index in [9.17, 15) is 9.59 Å². The van der Waals surface area contributed by atoms with E-state index in [-0.39, 0.29) is 17.2 Å². The topological polar surface area (TPSA) is 53.5 Å². The number of aromatic nitrogens is 1. The van der Waals surface area contributed by atoms with Crippen LogP contribution in [-0.2, 0) is 4.79 Å². The maximum atomic E-state index is 12.9. The van der Waals surface area contributed by atoms with Crippen LogP contribution in [0.5, 0.6) is 0 Å². The van der Waals surface area contributed by atoms with Crippen LogP contribution in [0.25, 0.3) is 22.2 Å². The number of pyridine rings is 1. The van der Waals surface area contributed by atoms with E-state index in [1.807, 2.05) is 53.1 Å². The van der Waals surface area contributed by atoms with Crippen molar-refractivity contribution in [2.45, 2.75) is 26.7 Å². The molecule has 1 saturated carbocycles. The fourth-order valence-corrected chi connectivity index (χ4v) is 4.27. The predicted octanol–water partition coefficient (Wildman–Crippen LogP) is 4.29. The number of hydrogen-bond acceptors (Lipinski definition) is 3. The van der Waals surface area contributed by atoms with Crippen LogP contribution in [0.4, 0.5) is 0 Å². The molecule has 158 valence electrons. The largest absolute Gasteiger partial charge is 0.339 e. The number of amides is 2. The summed E-state index contributed by atoms with van der Waals surface area (Å²) in [4.78, 5) is 34.0. The lowest BCUT2D eigenvalue weighted by atomic mass is 10.1. The van der Waals surface area contributed by atoms with Crippen LogP contribution in [0.1, 0.15) is 35.7 Å². The number of benzene rings is 2. The maximum absolute atomic E-state index is 12.9. The lowest BCUT2D eigenvalue weighted by molar-refractivity contribution is -0.137. The molecule has 1 saturated heterocycles. The Morgan fingerprint density at radius 3 is 2.23 bits per heavy atom. The summed E-state index contributed by atoms with van der Waals surface area (Å²) in [7, 11) is 0. The number of fused-ring (bicyclic) bond motifs is 1. The van der Waals surface area contributed by atoms with Gasteiger partial charge < -0.3 is 9.80 Å². The molecule has 0 N–H and O–H groups in total. The third kappa shape index (κ3) is 3.80. The Kier molecular flexibility index (Phi) is 4.77. The average molecular weight is 414 g/mol. The summed E-state index contributed by atoms with van der Waals surface area (Å²) in [5.41, 5.74) is 4.61. The van der Waals surface area contributed by atoms with E-state index in [0.717, 1.165) is 35.0 Å². The molecule has 0 unspecified atom stereocenters. The summed E-state index contributed by atoms with van der Waals surface area (Å²) in [6, 6.07) is 18.0.